The summed E-state index contributed by atoms with van der Waals surface area (Å²) in [6, 6.07) is 0. The first-order valence-corrected chi connectivity index (χ1v) is 5.71. The molecule has 0 amide bonds. The van der Waals surface area contributed by atoms with Crippen molar-refractivity contribution < 1.29 is 23.8 Å². The number of hydrogen-bond acceptors (Lipinski definition) is 5. The molecular weight excluding hydrogens is 248 g/mol. The highest BCUT2D eigenvalue weighted by atomic mass is 35.5. The van der Waals surface area contributed by atoms with E-state index in [1.54, 1.807) is 13.8 Å². The van der Waals surface area contributed by atoms with Crippen LogP contribution < -0.4 is 0 Å². The van der Waals surface area contributed by atoms with Gasteiger partial charge in [0.2, 0.25) is 5.79 Å². The Morgan fingerprint density at radius 1 is 1.53 bits per heavy atom. The number of esters is 2. The minimum Gasteiger partial charge on any atom is -0.461 e. The lowest BCUT2D eigenvalue weighted by molar-refractivity contribution is -0.206. The third-order valence-electron chi connectivity index (χ3n) is 1.94. The first-order valence-electron chi connectivity index (χ1n) is 5.18. The van der Waals surface area contributed by atoms with Crippen LogP contribution in [0.25, 0.3) is 0 Å². The van der Waals surface area contributed by atoms with Crippen LogP contribution in [0.5, 0.6) is 0 Å². The lowest BCUT2D eigenvalue weighted by Gasteiger charge is -2.31. The predicted octanol–water partition coefficient (Wildman–Crippen LogP) is 1.74. The van der Waals surface area contributed by atoms with E-state index in [0.717, 1.165) is 0 Å². The van der Waals surface area contributed by atoms with Crippen molar-refractivity contribution in [3.8, 4) is 0 Å². The Balaban J connectivity index is 2.66. The molecule has 1 unspecified atom stereocenters. The van der Waals surface area contributed by atoms with Crippen molar-refractivity contribution in [3.05, 3.63) is 11.8 Å². The molecule has 0 N–H and O–H groups in total. The van der Waals surface area contributed by atoms with Crippen molar-refractivity contribution in [1.29, 1.82) is 0 Å². The van der Waals surface area contributed by atoms with Gasteiger partial charge in [0.05, 0.1) is 12.0 Å². The third-order valence-corrected chi connectivity index (χ3v) is 2.28. The molecule has 1 aliphatic rings. The fraction of sp³-hybridized carbons (Fsp3) is 0.636. The molecule has 1 rings (SSSR count). The van der Waals surface area contributed by atoms with Crippen molar-refractivity contribution in [1.82, 2.24) is 0 Å². The Labute approximate surface area is 105 Å². The van der Waals surface area contributed by atoms with Gasteiger partial charge < -0.3 is 14.2 Å². The van der Waals surface area contributed by atoms with Crippen molar-refractivity contribution in [2.45, 2.75) is 39.1 Å². The molecule has 96 valence electrons. The van der Waals surface area contributed by atoms with Gasteiger partial charge in [-0.15, -0.1) is 11.6 Å². The Morgan fingerprint density at radius 2 is 2.18 bits per heavy atom. The van der Waals surface area contributed by atoms with Gasteiger partial charge >= 0.3 is 11.9 Å². The Kier molecular flexibility index (Phi) is 4.40. The molecule has 0 aromatic carbocycles. The Morgan fingerprint density at radius 3 is 2.65 bits per heavy atom. The SMILES string of the molecule is CC(=O)OC(CCl)CC1=CC(=O)OC(C)(C)O1. The minimum atomic E-state index is -1.01. The summed E-state index contributed by atoms with van der Waals surface area (Å²) in [6.07, 6.45) is 0.970. The fourth-order valence-corrected chi connectivity index (χ4v) is 1.63. The van der Waals surface area contributed by atoms with Gasteiger partial charge in [0.15, 0.2) is 0 Å². The second-order valence-electron chi connectivity index (χ2n) is 4.12. The molecule has 0 aromatic heterocycles. The first kappa shape index (κ1) is 13.8. The summed E-state index contributed by atoms with van der Waals surface area (Å²) in [6.45, 7) is 4.55. The average molecular weight is 263 g/mol. The predicted molar refractivity (Wildman–Crippen MR) is 60.2 cm³/mol. The second kappa shape index (κ2) is 5.40. The van der Waals surface area contributed by atoms with Crippen LogP contribution in [0.4, 0.5) is 0 Å². The largest absolute Gasteiger partial charge is 0.461 e. The van der Waals surface area contributed by atoms with Gasteiger partial charge in [0.1, 0.15) is 11.9 Å². The summed E-state index contributed by atoms with van der Waals surface area (Å²) in [5, 5.41) is 0. The van der Waals surface area contributed by atoms with Crippen LogP contribution >= 0.6 is 11.6 Å². The van der Waals surface area contributed by atoms with E-state index < -0.39 is 23.8 Å². The molecule has 1 heterocycles. The summed E-state index contributed by atoms with van der Waals surface area (Å²) >= 11 is 5.66. The number of alkyl halides is 1. The molecule has 0 radical (unpaired) electrons. The molecule has 0 bridgehead atoms. The van der Waals surface area contributed by atoms with Gasteiger partial charge in [0.25, 0.3) is 0 Å². The number of halogens is 1. The zero-order chi connectivity index (χ0) is 13.1. The van der Waals surface area contributed by atoms with Crippen LogP contribution in [-0.2, 0) is 23.8 Å². The van der Waals surface area contributed by atoms with E-state index in [1.165, 1.54) is 13.0 Å². The molecule has 0 spiro atoms. The maximum Gasteiger partial charge on any atom is 0.337 e. The van der Waals surface area contributed by atoms with E-state index in [4.69, 9.17) is 25.8 Å². The molecule has 0 saturated heterocycles. The Bertz CT molecular complexity index is 348. The standard InChI is InChI=1S/C11H15ClO5/c1-7(13)15-9(6-12)4-8-5-10(14)17-11(2,3)16-8/h5,9H,4,6H2,1-3H3. The van der Waals surface area contributed by atoms with Crippen LogP contribution in [0.3, 0.4) is 0 Å². The third kappa shape index (κ3) is 4.65. The summed E-state index contributed by atoms with van der Waals surface area (Å²) in [5.41, 5.74) is 0. The van der Waals surface area contributed by atoms with Crippen molar-refractivity contribution in [2.24, 2.45) is 0 Å². The van der Waals surface area contributed by atoms with Crippen LogP contribution in [0.15, 0.2) is 11.8 Å². The maximum absolute atomic E-state index is 11.3. The van der Waals surface area contributed by atoms with Crippen molar-refractivity contribution in [3.63, 3.8) is 0 Å². The quantitative estimate of drug-likeness (QED) is 0.570. The fourth-order valence-electron chi connectivity index (χ4n) is 1.46. The van der Waals surface area contributed by atoms with E-state index in [0.29, 0.717) is 5.76 Å². The molecule has 0 aliphatic carbocycles. The zero-order valence-corrected chi connectivity index (χ0v) is 10.7. The van der Waals surface area contributed by atoms with E-state index >= 15 is 0 Å². The maximum atomic E-state index is 11.3. The number of rotatable bonds is 4. The Hall–Kier alpha value is -1.23. The van der Waals surface area contributed by atoms with Crippen molar-refractivity contribution in [2.75, 3.05) is 5.88 Å². The number of carbonyl (C=O) groups is 2. The van der Waals surface area contributed by atoms with E-state index in [2.05, 4.69) is 0 Å². The highest BCUT2D eigenvalue weighted by molar-refractivity contribution is 6.18. The van der Waals surface area contributed by atoms with Crippen LogP contribution in [-0.4, -0.2) is 29.7 Å². The summed E-state index contributed by atoms with van der Waals surface area (Å²) in [7, 11) is 0. The molecule has 0 aromatic rings. The molecule has 1 aliphatic heterocycles. The smallest absolute Gasteiger partial charge is 0.337 e. The average Bonchev–Trinajstić information content (AvgIpc) is 2.12. The highest BCUT2D eigenvalue weighted by Gasteiger charge is 2.31. The van der Waals surface area contributed by atoms with Crippen LogP contribution in [0.2, 0.25) is 0 Å². The highest BCUT2D eigenvalue weighted by Crippen LogP contribution is 2.25. The molecule has 0 fully saturated rings. The van der Waals surface area contributed by atoms with Gasteiger partial charge in [-0.05, 0) is 0 Å². The van der Waals surface area contributed by atoms with E-state index in [-0.39, 0.29) is 12.3 Å². The monoisotopic (exact) mass is 262 g/mol. The molecule has 6 heteroatoms. The lowest BCUT2D eigenvalue weighted by Crippen LogP contribution is -2.35. The zero-order valence-electron chi connectivity index (χ0n) is 9.99. The number of carbonyl (C=O) groups excluding carboxylic acids is 2. The van der Waals surface area contributed by atoms with Crippen molar-refractivity contribution >= 4 is 23.5 Å². The molecule has 17 heavy (non-hydrogen) atoms. The number of ether oxygens (including phenoxy) is 3. The van der Waals surface area contributed by atoms with E-state index in [9.17, 15) is 9.59 Å². The van der Waals surface area contributed by atoms with Crippen LogP contribution in [0.1, 0.15) is 27.2 Å². The second-order valence-corrected chi connectivity index (χ2v) is 4.43. The first-order chi connectivity index (χ1) is 7.82. The van der Waals surface area contributed by atoms with Gasteiger partial charge in [-0.1, -0.05) is 0 Å². The van der Waals surface area contributed by atoms with Gasteiger partial charge in [-0.3, -0.25) is 4.79 Å². The van der Waals surface area contributed by atoms with Gasteiger partial charge in [0, 0.05) is 27.2 Å². The molecule has 5 nitrogen and oxygen atoms in total. The summed E-state index contributed by atoms with van der Waals surface area (Å²) in [5.74, 6) is -1.37. The van der Waals surface area contributed by atoms with Crippen LogP contribution in [0, 0.1) is 0 Å². The summed E-state index contributed by atoms with van der Waals surface area (Å²) < 4.78 is 15.3. The van der Waals surface area contributed by atoms with Gasteiger partial charge in [-0.25, -0.2) is 4.79 Å². The normalized spacial score (nSPS) is 19.8. The van der Waals surface area contributed by atoms with E-state index in [1.807, 2.05) is 0 Å². The molecule has 1 atom stereocenters. The number of hydrogen-bond donors (Lipinski definition) is 0. The topological polar surface area (TPSA) is 61.8 Å². The molecular formula is C11H15ClO5. The van der Waals surface area contributed by atoms with Gasteiger partial charge in [-0.2, -0.15) is 0 Å². The minimum absolute atomic E-state index is 0.135. The number of cyclic esters (lactones) is 1. The molecule has 0 saturated carbocycles. The summed E-state index contributed by atoms with van der Waals surface area (Å²) in [4.78, 5) is 22.1. The lowest BCUT2D eigenvalue weighted by atomic mass is 10.2.